The third-order valence-electron chi connectivity index (χ3n) is 5.38. The smallest absolute Gasteiger partial charge is 0.387 e. The first kappa shape index (κ1) is 21.5. The Balaban J connectivity index is 1.34. The molecule has 3 N–H and O–H groups in total. The van der Waals surface area contributed by atoms with Crippen LogP contribution in [0.3, 0.4) is 0 Å². The molecule has 1 aromatic heterocycles. The number of alkyl halides is 2. The van der Waals surface area contributed by atoms with E-state index in [0.717, 1.165) is 5.52 Å². The van der Waals surface area contributed by atoms with Crippen LogP contribution in [-0.4, -0.2) is 53.8 Å². The lowest BCUT2D eigenvalue weighted by Gasteiger charge is -2.22. The molecule has 1 aliphatic heterocycles. The summed E-state index contributed by atoms with van der Waals surface area (Å²) < 4.78 is 30.0. The molecule has 4 rings (SSSR count). The van der Waals surface area contributed by atoms with Gasteiger partial charge in [0.25, 0.3) is 5.91 Å². The van der Waals surface area contributed by atoms with Crippen LogP contribution < -0.4 is 20.3 Å². The summed E-state index contributed by atoms with van der Waals surface area (Å²) in [6.45, 7) is -0.292. The number of aromatic amines is 1. The number of rotatable bonds is 7. The average molecular weight is 443 g/mol. The summed E-state index contributed by atoms with van der Waals surface area (Å²) >= 11 is 0. The van der Waals surface area contributed by atoms with Gasteiger partial charge in [-0.2, -0.15) is 13.9 Å². The Hall–Kier alpha value is -3.69. The first-order valence-corrected chi connectivity index (χ1v) is 10.3. The number of carbonyl (C=O) groups is 2. The second-order valence-corrected chi connectivity index (χ2v) is 7.60. The number of hydrogen-bond acceptors (Lipinski definition) is 5. The molecule has 2 atom stereocenters. The molecule has 3 aromatic rings. The van der Waals surface area contributed by atoms with Crippen LogP contribution in [0.15, 0.2) is 48.5 Å². The zero-order valence-electron chi connectivity index (χ0n) is 17.3. The van der Waals surface area contributed by atoms with Gasteiger partial charge in [-0.05, 0) is 31.5 Å². The van der Waals surface area contributed by atoms with Gasteiger partial charge in [0.2, 0.25) is 5.91 Å². The molecular weight excluding hydrogens is 420 g/mol. The van der Waals surface area contributed by atoms with Crippen molar-refractivity contribution in [1.29, 1.82) is 0 Å². The number of ether oxygens (including phenoxy) is 1. The molecule has 168 valence electrons. The Morgan fingerprint density at radius 1 is 1.19 bits per heavy atom. The quantitative estimate of drug-likeness (QED) is 0.522. The maximum Gasteiger partial charge on any atom is 0.387 e. The monoisotopic (exact) mass is 443 g/mol. The van der Waals surface area contributed by atoms with E-state index in [1.165, 1.54) is 6.07 Å². The second-order valence-electron chi connectivity index (χ2n) is 7.60. The third kappa shape index (κ3) is 4.63. The summed E-state index contributed by atoms with van der Waals surface area (Å²) in [5, 5.41) is 13.1. The van der Waals surface area contributed by atoms with Gasteiger partial charge in [-0.25, -0.2) is 0 Å². The van der Waals surface area contributed by atoms with Crippen molar-refractivity contribution in [2.75, 3.05) is 18.0 Å². The van der Waals surface area contributed by atoms with Crippen LogP contribution >= 0.6 is 0 Å². The van der Waals surface area contributed by atoms with Crippen LogP contribution in [-0.2, 0) is 4.79 Å². The van der Waals surface area contributed by atoms with Crippen molar-refractivity contribution >= 4 is 28.4 Å². The van der Waals surface area contributed by atoms with Gasteiger partial charge in [0, 0.05) is 24.5 Å². The number of hydrogen-bond donors (Lipinski definition) is 3. The fourth-order valence-electron chi connectivity index (χ4n) is 3.80. The Morgan fingerprint density at radius 2 is 1.94 bits per heavy atom. The SMILES string of the molecule is CC(NC(=O)c1n[nH]c2ccccc12)C(=O)NC1CCN(c2ccccc2OC(F)F)C1. The topological polar surface area (TPSA) is 99.3 Å². The van der Waals surface area contributed by atoms with Gasteiger partial charge >= 0.3 is 6.61 Å². The summed E-state index contributed by atoms with van der Waals surface area (Å²) in [5.41, 5.74) is 1.51. The molecule has 2 amide bonds. The Morgan fingerprint density at radius 3 is 2.75 bits per heavy atom. The zero-order chi connectivity index (χ0) is 22.7. The van der Waals surface area contributed by atoms with E-state index < -0.39 is 18.6 Å². The molecule has 8 nitrogen and oxygen atoms in total. The maximum atomic E-state index is 12.7. The lowest BCUT2D eigenvalue weighted by molar-refractivity contribution is -0.123. The Labute approximate surface area is 182 Å². The highest BCUT2D eigenvalue weighted by Gasteiger charge is 2.28. The molecule has 2 aromatic carbocycles. The van der Waals surface area contributed by atoms with Gasteiger partial charge in [-0.1, -0.05) is 30.3 Å². The van der Waals surface area contributed by atoms with Gasteiger partial charge < -0.3 is 20.3 Å². The van der Waals surface area contributed by atoms with Crippen molar-refractivity contribution in [1.82, 2.24) is 20.8 Å². The van der Waals surface area contributed by atoms with E-state index in [4.69, 9.17) is 0 Å². The number of benzene rings is 2. The summed E-state index contributed by atoms with van der Waals surface area (Å²) in [5.74, 6) is -0.681. The molecule has 2 unspecified atom stereocenters. The van der Waals surface area contributed by atoms with Crippen molar-refractivity contribution in [2.45, 2.75) is 32.0 Å². The van der Waals surface area contributed by atoms with Crippen LogP contribution in [0.4, 0.5) is 14.5 Å². The highest BCUT2D eigenvalue weighted by molar-refractivity contribution is 6.05. The summed E-state index contributed by atoms with van der Waals surface area (Å²) in [6, 6.07) is 12.8. The number of nitrogens with one attached hydrogen (secondary N) is 3. The summed E-state index contributed by atoms with van der Waals surface area (Å²) in [4.78, 5) is 27.1. The molecule has 0 aliphatic carbocycles. The van der Waals surface area contributed by atoms with Gasteiger partial charge in [0.15, 0.2) is 5.69 Å². The van der Waals surface area contributed by atoms with E-state index in [-0.39, 0.29) is 23.4 Å². The van der Waals surface area contributed by atoms with E-state index in [2.05, 4.69) is 25.6 Å². The molecule has 0 bridgehead atoms. The van der Waals surface area contributed by atoms with E-state index in [1.807, 2.05) is 17.0 Å². The van der Waals surface area contributed by atoms with E-state index >= 15 is 0 Å². The van der Waals surface area contributed by atoms with Crippen LogP contribution in [0.2, 0.25) is 0 Å². The van der Waals surface area contributed by atoms with Crippen LogP contribution in [0.5, 0.6) is 5.75 Å². The first-order valence-electron chi connectivity index (χ1n) is 10.3. The number of para-hydroxylation sites is 3. The number of aromatic nitrogens is 2. The minimum absolute atomic E-state index is 0.0985. The highest BCUT2D eigenvalue weighted by Crippen LogP contribution is 2.31. The molecule has 1 fully saturated rings. The normalized spacial score (nSPS) is 16.9. The van der Waals surface area contributed by atoms with Crippen LogP contribution in [0.25, 0.3) is 10.9 Å². The fourth-order valence-corrected chi connectivity index (χ4v) is 3.80. The lowest BCUT2D eigenvalue weighted by atomic mass is 10.2. The van der Waals surface area contributed by atoms with E-state index in [1.54, 1.807) is 37.3 Å². The van der Waals surface area contributed by atoms with Crippen LogP contribution in [0, 0.1) is 0 Å². The van der Waals surface area contributed by atoms with Gasteiger partial charge in [0.1, 0.15) is 11.8 Å². The number of anilines is 1. The van der Waals surface area contributed by atoms with Gasteiger partial charge in [-0.15, -0.1) is 0 Å². The largest absolute Gasteiger partial charge is 0.433 e. The Kier molecular flexibility index (Phi) is 6.20. The molecule has 0 spiro atoms. The number of carbonyl (C=O) groups excluding carboxylic acids is 2. The fraction of sp³-hybridized carbons (Fsp3) is 0.318. The predicted octanol–water partition coefficient (Wildman–Crippen LogP) is 2.68. The predicted molar refractivity (Wildman–Crippen MR) is 115 cm³/mol. The van der Waals surface area contributed by atoms with Gasteiger partial charge in [-0.3, -0.25) is 14.7 Å². The van der Waals surface area contributed by atoms with Crippen molar-refractivity contribution in [3.63, 3.8) is 0 Å². The van der Waals surface area contributed by atoms with E-state index in [0.29, 0.717) is 30.6 Å². The van der Waals surface area contributed by atoms with Crippen molar-refractivity contribution in [2.24, 2.45) is 0 Å². The zero-order valence-corrected chi connectivity index (χ0v) is 17.3. The molecule has 0 saturated carbocycles. The maximum absolute atomic E-state index is 12.7. The standard InChI is InChI=1S/C22H23F2N5O3/c1-13(25-21(31)19-15-6-2-3-7-16(15)27-28-19)20(30)26-14-10-11-29(12-14)17-8-4-5-9-18(17)32-22(23)24/h2-9,13-14,22H,10-12H2,1H3,(H,25,31)(H,26,30)(H,27,28). The minimum Gasteiger partial charge on any atom is -0.433 e. The number of nitrogens with zero attached hydrogens (tertiary/aromatic N) is 2. The summed E-state index contributed by atoms with van der Waals surface area (Å²) in [7, 11) is 0. The summed E-state index contributed by atoms with van der Waals surface area (Å²) in [6.07, 6.45) is 0.638. The molecule has 32 heavy (non-hydrogen) atoms. The second kappa shape index (κ2) is 9.21. The number of H-pyrrole nitrogens is 1. The first-order chi connectivity index (χ1) is 15.4. The third-order valence-corrected chi connectivity index (χ3v) is 5.38. The molecule has 0 radical (unpaired) electrons. The lowest BCUT2D eigenvalue weighted by Crippen LogP contribution is -2.48. The molecule has 2 heterocycles. The number of halogens is 2. The van der Waals surface area contributed by atoms with Crippen molar-refractivity contribution in [3.8, 4) is 5.75 Å². The molecule has 1 saturated heterocycles. The minimum atomic E-state index is -2.91. The molecule has 10 heteroatoms. The Bertz CT molecular complexity index is 1120. The average Bonchev–Trinajstić information content (AvgIpc) is 3.40. The number of fused-ring (bicyclic) bond motifs is 1. The van der Waals surface area contributed by atoms with Gasteiger partial charge in [0.05, 0.1) is 11.2 Å². The number of amides is 2. The van der Waals surface area contributed by atoms with Crippen LogP contribution in [0.1, 0.15) is 23.8 Å². The molecular formula is C22H23F2N5O3. The van der Waals surface area contributed by atoms with Crippen molar-refractivity contribution in [3.05, 3.63) is 54.2 Å². The van der Waals surface area contributed by atoms with E-state index in [9.17, 15) is 18.4 Å². The highest BCUT2D eigenvalue weighted by atomic mass is 19.3. The van der Waals surface area contributed by atoms with Crippen molar-refractivity contribution < 1.29 is 23.1 Å². The molecule has 1 aliphatic rings.